The molecule has 0 radical (unpaired) electrons. The largest absolute Gasteiger partial charge is 0.497 e. The van der Waals surface area contributed by atoms with Gasteiger partial charge in [0.2, 0.25) is 0 Å². The van der Waals surface area contributed by atoms with Crippen LogP contribution < -0.4 is 15.0 Å². The van der Waals surface area contributed by atoms with E-state index in [9.17, 15) is 0 Å². The Morgan fingerprint density at radius 1 is 1.08 bits per heavy atom. The summed E-state index contributed by atoms with van der Waals surface area (Å²) in [5, 5.41) is 3.59. The first-order valence-electron chi connectivity index (χ1n) is 9.54. The van der Waals surface area contributed by atoms with Crippen LogP contribution in [0.3, 0.4) is 0 Å². The molecule has 2 aliphatic rings. The van der Waals surface area contributed by atoms with Gasteiger partial charge in [-0.05, 0) is 67.0 Å². The molecule has 2 aromatic carbocycles. The van der Waals surface area contributed by atoms with E-state index in [-0.39, 0.29) is 0 Å². The van der Waals surface area contributed by atoms with Gasteiger partial charge in [-0.3, -0.25) is 0 Å². The van der Waals surface area contributed by atoms with E-state index in [1.165, 1.54) is 31.4 Å². The van der Waals surface area contributed by atoms with Gasteiger partial charge < -0.3 is 15.0 Å². The molecule has 4 rings (SSSR count). The average Bonchev–Trinajstić information content (AvgIpc) is 3.10. The minimum absolute atomic E-state index is 0.579. The van der Waals surface area contributed by atoms with Gasteiger partial charge >= 0.3 is 0 Å². The van der Waals surface area contributed by atoms with Crippen LogP contribution in [0.1, 0.15) is 36.3 Å². The van der Waals surface area contributed by atoms with Crippen molar-refractivity contribution in [1.82, 2.24) is 5.32 Å². The van der Waals surface area contributed by atoms with Crippen molar-refractivity contribution in [1.29, 1.82) is 0 Å². The topological polar surface area (TPSA) is 24.5 Å². The van der Waals surface area contributed by atoms with E-state index in [4.69, 9.17) is 4.74 Å². The molecule has 1 N–H and O–H groups in total. The Kier molecular flexibility index (Phi) is 4.93. The van der Waals surface area contributed by atoms with Crippen LogP contribution in [0.15, 0.2) is 48.5 Å². The summed E-state index contributed by atoms with van der Waals surface area (Å²) in [7, 11) is 1.72. The Bertz CT molecular complexity index is 697. The van der Waals surface area contributed by atoms with Gasteiger partial charge in [0.05, 0.1) is 7.11 Å². The first-order valence-corrected chi connectivity index (χ1v) is 9.54. The molecular formula is C22H28N2O. The van der Waals surface area contributed by atoms with Gasteiger partial charge in [-0.25, -0.2) is 0 Å². The number of rotatable bonds is 5. The lowest BCUT2D eigenvalue weighted by atomic mass is 9.93. The van der Waals surface area contributed by atoms with Crippen LogP contribution in [-0.4, -0.2) is 32.8 Å². The van der Waals surface area contributed by atoms with E-state index in [0.717, 1.165) is 31.3 Å². The fraction of sp³-hybridized carbons (Fsp3) is 0.455. The van der Waals surface area contributed by atoms with Gasteiger partial charge in [-0.15, -0.1) is 0 Å². The van der Waals surface area contributed by atoms with Crippen LogP contribution in [-0.2, 0) is 6.42 Å². The first-order chi connectivity index (χ1) is 12.3. The van der Waals surface area contributed by atoms with Crippen molar-refractivity contribution in [3.63, 3.8) is 0 Å². The second kappa shape index (κ2) is 7.49. The molecule has 0 saturated carbocycles. The summed E-state index contributed by atoms with van der Waals surface area (Å²) < 4.78 is 5.30. The molecule has 1 heterocycles. The predicted octanol–water partition coefficient (Wildman–Crippen LogP) is 3.98. The molecule has 25 heavy (non-hydrogen) atoms. The number of hydrogen-bond acceptors (Lipinski definition) is 3. The van der Waals surface area contributed by atoms with Crippen molar-refractivity contribution in [3.8, 4) is 5.75 Å². The maximum Gasteiger partial charge on any atom is 0.119 e. The molecule has 132 valence electrons. The number of aryl methyl sites for hydroxylation is 1. The maximum absolute atomic E-state index is 5.30. The van der Waals surface area contributed by atoms with Gasteiger partial charge in [0.25, 0.3) is 0 Å². The second-order valence-electron chi connectivity index (χ2n) is 7.26. The molecule has 1 aliphatic carbocycles. The molecule has 3 nitrogen and oxygen atoms in total. The highest BCUT2D eigenvalue weighted by Crippen LogP contribution is 2.37. The predicted molar refractivity (Wildman–Crippen MR) is 104 cm³/mol. The lowest BCUT2D eigenvalue weighted by Gasteiger charge is -2.38. The van der Waals surface area contributed by atoms with Crippen LogP contribution in [0.4, 0.5) is 5.69 Å². The number of nitrogens with one attached hydrogen (secondary N) is 1. The number of benzene rings is 2. The molecule has 0 amide bonds. The summed E-state index contributed by atoms with van der Waals surface area (Å²) in [4.78, 5) is 2.58. The maximum atomic E-state index is 5.30. The third-order valence-electron chi connectivity index (χ3n) is 5.86. The number of hydrogen-bond donors (Lipinski definition) is 1. The molecule has 2 unspecified atom stereocenters. The smallest absolute Gasteiger partial charge is 0.119 e. The minimum Gasteiger partial charge on any atom is -0.497 e. The Morgan fingerprint density at radius 3 is 2.76 bits per heavy atom. The van der Waals surface area contributed by atoms with Crippen LogP contribution in [0.2, 0.25) is 0 Å². The quantitative estimate of drug-likeness (QED) is 0.894. The third kappa shape index (κ3) is 3.52. The van der Waals surface area contributed by atoms with Crippen molar-refractivity contribution in [2.24, 2.45) is 0 Å². The Balaban J connectivity index is 1.43. The highest BCUT2D eigenvalue weighted by Gasteiger charge is 2.26. The summed E-state index contributed by atoms with van der Waals surface area (Å²) in [5.41, 5.74) is 4.49. The lowest BCUT2D eigenvalue weighted by molar-refractivity contribution is 0.413. The summed E-state index contributed by atoms with van der Waals surface area (Å²) in [6.07, 6.45) is 5.11. The first kappa shape index (κ1) is 16.5. The van der Waals surface area contributed by atoms with E-state index in [2.05, 4.69) is 58.7 Å². The van der Waals surface area contributed by atoms with Gasteiger partial charge in [-0.2, -0.15) is 0 Å². The van der Waals surface area contributed by atoms with Crippen molar-refractivity contribution in [2.45, 2.75) is 37.6 Å². The number of methoxy groups -OCH3 is 1. The molecule has 3 heteroatoms. The van der Waals surface area contributed by atoms with Gasteiger partial charge in [-0.1, -0.05) is 24.3 Å². The summed E-state index contributed by atoms with van der Waals surface area (Å²) in [6, 6.07) is 18.1. The summed E-state index contributed by atoms with van der Waals surface area (Å²) in [5.74, 6) is 1.67. The number of nitrogens with zero attached hydrogens (tertiary/aromatic N) is 1. The van der Waals surface area contributed by atoms with E-state index < -0.39 is 0 Å². The van der Waals surface area contributed by atoms with Crippen LogP contribution in [0, 0.1) is 0 Å². The monoisotopic (exact) mass is 336 g/mol. The van der Waals surface area contributed by atoms with Gasteiger partial charge in [0, 0.05) is 31.4 Å². The Hall–Kier alpha value is -2.00. The molecule has 2 aromatic rings. The van der Waals surface area contributed by atoms with Crippen LogP contribution in [0.5, 0.6) is 5.75 Å². The molecule has 0 aromatic heterocycles. The van der Waals surface area contributed by atoms with Crippen molar-refractivity contribution in [3.05, 3.63) is 59.7 Å². The zero-order valence-electron chi connectivity index (χ0n) is 15.1. The normalized spacial score (nSPS) is 22.7. The lowest BCUT2D eigenvalue weighted by Crippen LogP contribution is -2.51. The number of ether oxygens (including phenoxy) is 1. The standard InChI is InChI=1S/C22H28N2O/c1-25-21-12-10-19(11-13-21)24-15-14-23-16-20(24)9-8-18-7-6-17-4-2-3-5-22(17)18/h2-5,10-13,18,20,23H,6-9,14-16H2,1H3. The fourth-order valence-corrected chi connectivity index (χ4v) is 4.47. The average molecular weight is 336 g/mol. The Morgan fingerprint density at radius 2 is 1.92 bits per heavy atom. The molecule has 2 atom stereocenters. The van der Waals surface area contributed by atoms with E-state index >= 15 is 0 Å². The van der Waals surface area contributed by atoms with E-state index in [1.54, 1.807) is 18.2 Å². The van der Waals surface area contributed by atoms with Crippen LogP contribution in [0.25, 0.3) is 0 Å². The molecule has 1 fully saturated rings. The number of anilines is 1. The highest BCUT2D eigenvalue weighted by molar-refractivity contribution is 5.50. The highest BCUT2D eigenvalue weighted by atomic mass is 16.5. The number of fused-ring (bicyclic) bond motifs is 1. The third-order valence-corrected chi connectivity index (χ3v) is 5.86. The van der Waals surface area contributed by atoms with Gasteiger partial charge in [0.1, 0.15) is 5.75 Å². The van der Waals surface area contributed by atoms with Crippen molar-refractivity contribution >= 4 is 5.69 Å². The summed E-state index contributed by atoms with van der Waals surface area (Å²) in [6.45, 7) is 3.23. The van der Waals surface area contributed by atoms with Crippen LogP contribution >= 0.6 is 0 Å². The SMILES string of the molecule is COc1ccc(N2CCNCC2CCC2CCc3ccccc32)cc1. The fourth-order valence-electron chi connectivity index (χ4n) is 4.47. The zero-order chi connectivity index (χ0) is 17.1. The molecular weight excluding hydrogens is 308 g/mol. The zero-order valence-corrected chi connectivity index (χ0v) is 15.1. The van der Waals surface area contributed by atoms with Crippen molar-refractivity contribution in [2.75, 3.05) is 31.6 Å². The minimum atomic E-state index is 0.579. The van der Waals surface area contributed by atoms with Crippen molar-refractivity contribution < 1.29 is 4.74 Å². The summed E-state index contributed by atoms with van der Waals surface area (Å²) >= 11 is 0. The second-order valence-corrected chi connectivity index (χ2v) is 7.26. The molecule has 1 aliphatic heterocycles. The Labute approximate surface area is 151 Å². The molecule has 1 saturated heterocycles. The van der Waals surface area contributed by atoms with E-state index in [1.807, 2.05) is 0 Å². The van der Waals surface area contributed by atoms with Gasteiger partial charge in [0.15, 0.2) is 0 Å². The number of piperazine rings is 1. The molecule has 0 bridgehead atoms. The molecule has 0 spiro atoms. The van der Waals surface area contributed by atoms with E-state index in [0.29, 0.717) is 6.04 Å².